The van der Waals surface area contributed by atoms with Gasteiger partial charge in [0.1, 0.15) is 10.9 Å². The van der Waals surface area contributed by atoms with E-state index in [-0.39, 0.29) is 23.6 Å². The number of aromatic nitrogens is 2. The molecule has 0 spiro atoms. The van der Waals surface area contributed by atoms with Crippen molar-refractivity contribution in [2.45, 2.75) is 30.7 Å². The molecule has 1 saturated heterocycles. The highest BCUT2D eigenvalue weighted by Gasteiger charge is 2.33. The second-order valence-electron chi connectivity index (χ2n) is 4.55. The van der Waals surface area contributed by atoms with Gasteiger partial charge < -0.3 is 5.73 Å². The van der Waals surface area contributed by atoms with E-state index in [0.717, 1.165) is 0 Å². The Morgan fingerprint density at radius 1 is 1.45 bits per heavy atom. The van der Waals surface area contributed by atoms with Gasteiger partial charge in [-0.2, -0.15) is 9.82 Å². The van der Waals surface area contributed by atoms with E-state index in [0.29, 0.717) is 5.69 Å². The van der Waals surface area contributed by atoms with E-state index >= 15 is 0 Å². The summed E-state index contributed by atoms with van der Waals surface area (Å²) in [6.07, 6.45) is 0.198. The van der Waals surface area contributed by atoms with Crippen LogP contribution in [0.4, 0.5) is 5.82 Å². The van der Waals surface area contributed by atoms with Gasteiger partial charge in [0.05, 0.1) is 5.69 Å². The Bertz CT molecular complexity index is 678. The maximum absolute atomic E-state index is 12.3. The van der Waals surface area contributed by atoms with Gasteiger partial charge in [0.15, 0.2) is 5.82 Å². The first-order valence-corrected chi connectivity index (χ1v) is 7.36. The largest absolute Gasteiger partial charge is 0.381 e. The second-order valence-corrected chi connectivity index (χ2v) is 6.20. The van der Waals surface area contributed by atoms with Crippen LogP contribution in [0.3, 0.4) is 0 Å². The SMILES string of the molecule is Cc1c(S(=O)(=O)NC2CCC(=O)NC2=O)c(N)nn1C. The smallest absolute Gasteiger partial charge is 0.246 e. The van der Waals surface area contributed by atoms with Crippen LogP contribution in [0.15, 0.2) is 4.90 Å². The molecule has 9 nitrogen and oxygen atoms in total. The molecule has 110 valence electrons. The number of imide groups is 1. The van der Waals surface area contributed by atoms with Crippen molar-refractivity contribution in [1.82, 2.24) is 19.8 Å². The molecular weight excluding hydrogens is 286 g/mol. The zero-order valence-corrected chi connectivity index (χ0v) is 11.8. The summed E-state index contributed by atoms with van der Waals surface area (Å²) in [6, 6.07) is -0.989. The lowest BCUT2D eigenvalue weighted by atomic mass is 10.1. The number of carbonyl (C=O) groups is 2. The molecule has 1 unspecified atom stereocenters. The Labute approximate surface area is 115 Å². The Balaban J connectivity index is 2.28. The molecule has 2 amide bonds. The molecule has 2 heterocycles. The molecule has 10 heteroatoms. The summed E-state index contributed by atoms with van der Waals surface area (Å²) in [7, 11) is -2.42. The number of amides is 2. The monoisotopic (exact) mass is 301 g/mol. The molecule has 1 atom stereocenters. The van der Waals surface area contributed by atoms with Gasteiger partial charge in [-0.25, -0.2) is 8.42 Å². The van der Waals surface area contributed by atoms with Gasteiger partial charge in [-0.15, -0.1) is 0 Å². The topological polar surface area (TPSA) is 136 Å². The molecule has 1 aliphatic rings. The first kappa shape index (κ1) is 14.5. The third-order valence-electron chi connectivity index (χ3n) is 3.11. The number of rotatable bonds is 3. The van der Waals surface area contributed by atoms with E-state index in [1.54, 1.807) is 14.0 Å². The number of nitrogen functional groups attached to an aromatic ring is 1. The average molecular weight is 301 g/mol. The number of carbonyl (C=O) groups excluding carboxylic acids is 2. The third kappa shape index (κ3) is 2.51. The number of aryl methyl sites for hydroxylation is 1. The highest BCUT2D eigenvalue weighted by atomic mass is 32.2. The molecule has 1 aromatic rings. The predicted octanol–water partition coefficient (Wildman–Crippen LogP) is -1.61. The van der Waals surface area contributed by atoms with E-state index in [2.05, 4.69) is 15.1 Å². The van der Waals surface area contributed by atoms with Crippen molar-refractivity contribution in [3.63, 3.8) is 0 Å². The van der Waals surface area contributed by atoms with E-state index < -0.39 is 27.9 Å². The molecule has 4 N–H and O–H groups in total. The fraction of sp³-hybridized carbons (Fsp3) is 0.500. The number of nitrogens with zero attached hydrogens (tertiary/aromatic N) is 2. The molecule has 1 fully saturated rings. The molecule has 1 aliphatic heterocycles. The van der Waals surface area contributed by atoms with Gasteiger partial charge in [-0.1, -0.05) is 0 Å². The van der Waals surface area contributed by atoms with Crippen LogP contribution in [0.25, 0.3) is 0 Å². The van der Waals surface area contributed by atoms with Crippen LogP contribution in [0.5, 0.6) is 0 Å². The van der Waals surface area contributed by atoms with Gasteiger partial charge >= 0.3 is 0 Å². The van der Waals surface area contributed by atoms with Gasteiger partial charge in [-0.3, -0.25) is 19.6 Å². The number of hydrogen-bond donors (Lipinski definition) is 3. The fourth-order valence-corrected chi connectivity index (χ4v) is 3.55. The molecule has 0 bridgehead atoms. The Hall–Kier alpha value is -1.94. The zero-order chi connectivity index (χ0) is 15.1. The molecule has 0 radical (unpaired) electrons. The molecule has 2 rings (SSSR count). The minimum atomic E-state index is -3.98. The van der Waals surface area contributed by atoms with Crippen LogP contribution in [-0.2, 0) is 26.7 Å². The minimum absolute atomic E-state index is 0.0838. The van der Waals surface area contributed by atoms with Crippen LogP contribution >= 0.6 is 0 Å². The minimum Gasteiger partial charge on any atom is -0.381 e. The van der Waals surface area contributed by atoms with Crippen molar-refractivity contribution >= 4 is 27.7 Å². The number of piperidine rings is 1. The predicted molar refractivity (Wildman–Crippen MR) is 68.9 cm³/mol. The zero-order valence-electron chi connectivity index (χ0n) is 11.0. The quantitative estimate of drug-likeness (QED) is 0.575. The lowest BCUT2D eigenvalue weighted by molar-refractivity contribution is -0.134. The van der Waals surface area contributed by atoms with Gasteiger partial charge in [0.25, 0.3) is 0 Å². The van der Waals surface area contributed by atoms with E-state index in [1.807, 2.05) is 0 Å². The van der Waals surface area contributed by atoms with Crippen molar-refractivity contribution in [2.24, 2.45) is 7.05 Å². The van der Waals surface area contributed by atoms with Crippen molar-refractivity contribution in [1.29, 1.82) is 0 Å². The third-order valence-corrected chi connectivity index (χ3v) is 4.75. The Kier molecular flexibility index (Phi) is 3.52. The molecular formula is C10H15N5O4S. The number of anilines is 1. The number of nitrogens with two attached hydrogens (primary N) is 1. The summed E-state index contributed by atoms with van der Waals surface area (Å²) < 4.78 is 28.1. The standard InChI is InChI=1S/C10H15N5O4S/c1-5-8(9(11)13-15(5)2)20(18,19)14-6-3-4-7(16)12-10(6)17/h6,14H,3-4H2,1-2H3,(H2,11,13)(H,12,16,17). The summed E-state index contributed by atoms with van der Waals surface area (Å²) in [5, 5.41) is 5.90. The highest BCUT2D eigenvalue weighted by Crippen LogP contribution is 2.22. The molecule has 0 saturated carbocycles. The lowest BCUT2D eigenvalue weighted by Gasteiger charge is -2.21. The first-order chi connectivity index (χ1) is 9.22. The second kappa shape index (κ2) is 4.87. The lowest BCUT2D eigenvalue weighted by Crippen LogP contribution is -2.52. The fourth-order valence-electron chi connectivity index (χ4n) is 2.00. The maximum atomic E-state index is 12.3. The van der Waals surface area contributed by atoms with Crippen LogP contribution < -0.4 is 15.8 Å². The van der Waals surface area contributed by atoms with Crippen molar-refractivity contribution in [3.8, 4) is 0 Å². The number of hydrogen-bond acceptors (Lipinski definition) is 6. The molecule has 1 aromatic heterocycles. The van der Waals surface area contributed by atoms with Crippen molar-refractivity contribution in [3.05, 3.63) is 5.69 Å². The highest BCUT2D eigenvalue weighted by molar-refractivity contribution is 7.89. The number of nitrogens with one attached hydrogen (secondary N) is 2. The number of sulfonamides is 1. The molecule has 0 aromatic carbocycles. The van der Waals surface area contributed by atoms with Gasteiger partial charge in [0, 0.05) is 13.5 Å². The van der Waals surface area contributed by atoms with Crippen LogP contribution in [-0.4, -0.2) is 36.1 Å². The van der Waals surface area contributed by atoms with Gasteiger partial charge in [-0.05, 0) is 13.3 Å². The van der Waals surface area contributed by atoms with E-state index in [4.69, 9.17) is 5.73 Å². The Morgan fingerprint density at radius 2 is 2.10 bits per heavy atom. The Morgan fingerprint density at radius 3 is 2.60 bits per heavy atom. The average Bonchev–Trinajstić information content (AvgIpc) is 2.57. The molecule has 0 aliphatic carbocycles. The summed E-state index contributed by atoms with van der Waals surface area (Å²) in [5.74, 6) is -1.21. The van der Waals surface area contributed by atoms with E-state index in [9.17, 15) is 18.0 Å². The van der Waals surface area contributed by atoms with Crippen molar-refractivity contribution < 1.29 is 18.0 Å². The van der Waals surface area contributed by atoms with E-state index in [1.165, 1.54) is 4.68 Å². The van der Waals surface area contributed by atoms with Crippen LogP contribution in [0.2, 0.25) is 0 Å². The molecule has 20 heavy (non-hydrogen) atoms. The summed E-state index contributed by atoms with van der Waals surface area (Å²) in [5.41, 5.74) is 5.95. The first-order valence-electron chi connectivity index (χ1n) is 5.87. The summed E-state index contributed by atoms with van der Waals surface area (Å²) >= 11 is 0. The van der Waals surface area contributed by atoms with Crippen molar-refractivity contribution in [2.75, 3.05) is 5.73 Å². The van der Waals surface area contributed by atoms with Gasteiger partial charge in [0.2, 0.25) is 21.8 Å². The van der Waals surface area contributed by atoms with Crippen LogP contribution in [0, 0.1) is 6.92 Å². The maximum Gasteiger partial charge on any atom is 0.246 e. The van der Waals surface area contributed by atoms with Crippen LogP contribution in [0.1, 0.15) is 18.5 Å². The normalized spacial score (nSPS) is 20.0. The summed E-state index contributed by atoms with van der Waals surface area (Å²) in [6.45, 7) is 1.56. The summed E-state index contributed by atoms with van der Waals surface area (Å²) in [4.78, 5) is 22.5.